The fourth-order valence-electron chi connectivity index (χ4n) is 7.06. The molecule has 0 saturated heterocycles. The summed E-state index contributed by atoms with van der Waals surface area (Å²) in [6.07, 6.45) is 1.29. The van der Waals surface area contributed by atoms with Gasteiger partial charge in [0.25, 0.3) is 0 Å². The van der Waals surface area contributed by atoms with Crippen molar-refractivity contribution >= 4 is 66.1 Å². The minimum Gasteiger partial charge on any atom is -0.456 e. The molecule has 5 nitrogen and oxygen atoms in total. The Morgan fingerprint density at radius 3 is 1.90 bits per heavy atom. The number of nitrogens with one attached hydrogen (secondary N) is 1. The third-order valence-corrected chi connectivity index (χ3v) is 9.50. The normalized spacial score (nSPS) is 14.7. The maximum absolute atomic E-state index is 6.67. The van der Waals surface area contributed by atoms with Gasteiger partial charge in [0.05, 0.1) is 5.52 Å². The van der Waals surface area contributed by atoms with Crippen LogP contribution in [0.25, 0.3) is 65.5 Å². The lowest BCUT2D eigenvalue weighted by molar-refractivity contribution is 0.668. The monoisotopic (exact) mass is 628 g/mol. The van der Waals surface area contributed by atoms with Crippen molar-refractivity contribution in [2.75, 3.05) is 0 Å². The molecular formula is C44H28N4O. The minimum absolute atomic E-state index is 0.541. The van der Waals surface area contributed by atoms with Crippen molar-refractivity contribution in [3.05, 3.63) is 175 Å². The standard InChI is InChI=1S/C44H28N4O/c1-2-11-29(12-3-1)42-46-43(34-19-17-28-10-5-7-14-31(28)22-34)48-44(47-42)37-23-35(32-18-16-27-9-4-6-13-30(27)21-32)25-40-41(37)36-26-38-33(15-8-20-45-38)24-39(36)49-40/h1-26,44H,(H,46,47,48). The van der Waals surface area contributed by atoms with E-state index in [0.717, 1.165) is 77.7 Å². The van der Waals surface area contributed by atoms with Crippen molar-refractivity contribution in [2.45, 2.75) is 6.17 Å². The van der Waals surface area contributed by atoms with E-state index in [2.05, 4.69) is 138 Å². The Morgan fingerprint density at radius 2 is 1.12 bits per heavy atom. The highest BCUT2D eigenvalue weighted by atomic mass is 16.3. The molecule has 3 heterocycles. The number of hydrogen-bond acceptors (Lipinski definition) is 5. The van der Waals surface area contributed by atoms with E-state index in [-0.39, 0.29) is 0 Å². The zero-order chi connectivity index (χ0) is 32.3. The minimum atomic E-state index is -0.541. The number of nitrogens with zero attached hydrogens (tertiary/aromatic N) is 3. The van der Waals surface area contributed by atoms with Crippen LogP contribution in [0.1, 0.15) is 22.9 Å². The molecule has 0 bridgehead atoms. The van der Waals surface area contributed by atoms with Crippen LogP contribution in [0.3, 0.4) is 0 Å². The number of furan rings is 1. The van der Waals surface area contributed by atoms with E-state index in [4.69, 9.17) is 14.4 Å². The van der Waals surface area contributed by atoms with Crippen LogP contribution in [0.15, 0.2) is 172 Å². The topological polar surface area (TPSA) is 62.8 Å². The van der Waals surface area contributed by atoms with Gasteiger partial charge in [0.2, 0.25) is 0 Å². The summed E-state index contributed by atoms with van der Waals surface area (Å²) in [7, 11) is 0. The second-order valence-electron chi connectivity index (χ2n) is 12.5. The highest BCUT2D eigenvalue weighted by Gasteiger charge is 2.25. The summed E-state index contributed by atoms with van der Waals surface area (Å²) >= 11 is 0. The maximum atomic E-state index is 6.67. The molecule has 230 valence electrons. The van der Waals surface area contributed by atoms with Gasteiger partial charge in [0.1, 0.15) is 22.8 Å². The Bertz CT molecular complexity index is 2810. The van der Waals surface area contributed by atoms with Gasteiger partial charge in [-0.3, -0.25) is 4.98 Å². The van der Waals surface area contributed by atoms with Crippen molar-refractivity contribution in [3.8, 4) is 11.1 Å². The summed E-state index contributed by atoms with van der Waals surface area (Å²) in [5.41, 5.74) is 7.65. The molecule has 0 amide bonds. The number of amidine groups is 2. The molecule has 5 heteroatoms. The number of pyridine rings is 1. The molecule has 1 N–H and O–H groups in total. The lowest BCUT2D eigenvalue weighted by Gasteiger charge is -2.23. The van der Waals surface area contributed by atoms with Crippen molar-refractivity contribution in [2.24, 2.45) is 9.98 Å². The second-order valence-corrected chi connectivity index (χ2v) is 12.5. The van der Waals surface area contributed by atoms with Gasteiger partial charge in [-0.1, -0.05) is 109 Å². The van der Waals surface area contributed by atoms with Gasteiger partial charge in [0.15, 0.2) is 6.17 Å². The third kappa shape index (κ3) is 4.75. The van der Waals surface area contributed by atoms with Gasteiger partial charge in [-0.25, -0.2) is 9.98 Å². The molecule has 1 aliphatic heterocycles. The molecular weight excluding hydrogens is 601 g/mol. The summed E-state index contributed by atoms with van der Waals surface area (Å²) < 4.78 is 6.67. The summed E-state index contributed by atoms with van der Waals surface area (Å²) in [6, 6.07) is 52.8. The molecule has 10 rings (SSSR count). The van der Waals surface area contributed by atoms with E-state index in [1.165, 1.54) is 16.2 Å². The predicted octanol–water partition coefficient (Wildman–Crippen LogP) is 10.6. The SMILES string of the molecule is c1ccc(C2=NC(c3cc(-c4ccc5ccccc5c4)cc4oc5cc6cccnc6cc5c34)N=C(c3ccc4ccccc4c3)N2)cc1. The summed E-state index contributed by atoms with van der Waals surface area (Å²) in [4.78, 5) is 15.3. The highest BCUT2D eigenvalue weighted by Crippen LogP contribution is 2.41. The van der Waals surface area contributed by atoms with Crippen LogP contribution in [0, 0.1) is 0 Å². The number of benzene rings is 7. The fraction of sp³-hybridized carbons (Fsp3) is 0.0227. The Kier molecular flexibility index (Phi) is 6.18. The molecule has 0 saturated carbocycles. The average molecular weight is 629 g/mol. The van der Waals surface area contributed by atoms with Crippen LogP contribution < -0.4 is 5.32 Å². The largest absolute Gasteiger partial charge is 0.456 e. The Labute approximate surface area is 281 Å². The predicted molar refractivity (Wildman–Crippen MR) is 201 cm³/mol. The first kappa shape index (κ1) is 27.5. The molecule has 1 aliphatic rings. The van der Waals surface area contributed by atoms with Gasteiger partial charge >= 0.3 is 0 Å². The zero-order valence-corrected chi connectivity index (χ0v) is 26.3. The van der Waals surface area contributed by atoms with Gasteiger partial charge in [-0.15, -0.1) is 0 Å². The smallest absolute Gasteiger partial charge is 0.170 e. The number of rotatable bonds is 4. The molecule has 1 atom stereocenters. The van der Waals surface area contributed by atoms with Crippen molar-refractivity contribution < 1.29 is 4.42 Å². The molecule has 0 fully saturated rings. The first-order valence-electron chi connectivity index (χ1n) is 16.4. The van der Waals surface area contributed by atoms with E-state index < -0.39 is 6.17 Å². The summed E-state index contributed by atoms with van der Waals surface area (Å²) in [6.45, 7) is 0. The molecule has 9 aromatic rings. The van der Waals surface area contributed by atoms with Crippen LogP contribution in [-0.4, -0.2) is 16.7 Å². The molecule has 0 aliphatic carbocycles. The summed E-state index contributed by atoms with van der Waals surface area (Å²) in [5, 5.41) is 11.4. The van der Waals surface area contributed by atoms with Crippen LogP contribution in [0.4, 0.5) is 0 Å². The van der Waals surface area contributed by atoms with Crippen molar-refractivity contribution in [1.82, 2.24) is 10.3 Å². The number of aliphatic imine (C=N–C) groups is 2. The van der Waals surface area contributed by atoms with Crippen molar-refractivity contribution in [1.29, 1.82) is 0 Å². The van der Waals surface area contributed by atoms with Gasteiger partial charge in [0, 0.05) is 39.0 Å². The van der Waals surface area contributed by atoms with E-state index in [9.17, 15) is 0 Å². The second kappa shape index (κ2) is 11.0. The first-order valence-corrected chi connectivity index (χ1v) is 16.4. The molecule has 0 spiro atoms. The molecule has 7 aromatic carbocycles. The molecule has 1 unspecified atom stereocenters. The van der Waals surface area contributed by atoms with Crippen molar-refractivity contribution in [3.63, 3.8) is 0 Å². The third-order valence-electron chi connectivity index (χ3n) is 9.50. The van der Waals surface area contributed by atoms with E-state index >= 15 is 0 Å². The maximum Gasteiger partial charge on any atom is 0.170 e. The highest BCUT2D eigenvalue weighted by molar-refractivity contribution is 6.17. The lowest BCUT2D eigenvalue weighted by atomic mass is 9.95. The quantitative estimate of drug-likeness (QED) is 0.211. The number of hydrogen-bond donors (Lipinski definition) is 1. The number of fused-ring (bicyclic) bond motifs is 6. The number of aromatic nitrogens is 1. The molecule has 2 aromatic heterocycles. The van der Waals surface area contributed by atoms with Gasteiger partial charge < -0.3 is 9.73 Å². The summed E-state index contributed by atoms with van der Waals surface area (Å²) in [5.74, 6) is 1.54. The van der Waals surface area contributed by atoms with Gasteiger partial charge in [-0.05, 0) is 75.1 Å². The Hall–Kier alpha value is -6.59. The molecule has 0 radical (unpaired) electrons. The first-order chi connectivity index (χ1) is 24.2. The average Bonchev–Trinajstić information content (AvgIpc) is 3.53. The van der Waals surface area contributed by atoms with Gasteiger partial charge in [-0.2, -0.15) is 0 Å². The van der Waals surface area contributed by atoms with E-state index in [0.29, 0.717) is 0 Å². The van der Waals surface area contributed by atoms with Crippen LogP contribution >= 0.6 is 0 Å². The lowest BCUT2D eigenvalue weighted by Crippen LogP contribution is -2.36. The van der Waals surface area contributed by atoms with Crippen LogP contribution in [0.2, 0.25) is 0 Å². The fourth-order valence-corrected chi connectivity index (χ4v) is 7.06. The van der Waals surface area contributed by atoms with Crippen LogP contribution in [-0.2, 0) is 0 Å². The van der Waals surface area contributed by atoms with Crippen LogP contribution in [0.5, 0.6) is 0 Å². The van der Waals surface area contributed by atoms with E-state index in [1.807, 2.05) is 30.5 Å². The van der Waals surface area contributed by atoms with E-state index in [1.54, 1.807) is 0 Å². The molecule has 49 heavy (non-hydrogen) atoms. The Morgan fingerprint density at radius 1 is 0.469 bits per heavy atom. The Balaban J connectivity index is 1.24. The zero-order valence-electron chi connectivity index (χ0n) is 26.3.